The number of nitrogens with one attached hydrogen (secondary N) is 1. The monoisotopic (exact) mass is 326 g/mol. The molecule has 4 nitrogen and oxygen atoms in total. The summed E-state index contributed by atoms with van der Waals surface area (Å²) >= 11 is 0. The first-order valence-corrected chi connectivity index (χ1v) is 8.85. The molecule has 1 fully saturated rings. The number of oxazole rings is 1. The number of nitrogens with zero attached hydrogens (tertiary/aromatic N) is 1. The molecular weight excluding hydrogens is 300 g/mol. The standard InChI is InChI=1S/C20H26N2O2/c1-13-8-7-11-17(14(13)2)21-19(23)12-18-15(3)24-20(22-18)16-9-5-4-6-10-16/h4-6,9-10,13-14,17H,7-8,11-12H2,1-3H3,(H,21,23). The second-order valence-electron chi connectivity index (χ2n) is 7.01. The molecule has 1 saturated carbocycles. The summed E-state index contributed by atoms with van der Waals surface area (Å²) in [6.07, 6.45) is 3.80. The number of aromatic nitrogens is 1. The molecule has 1 heterocycles. The van der Waals surface area contributed by atoms with Crippen LogP contribution in [0.15, 0.2) is 34.7 Å². The molecule has 3 rings (SSSR count). The van der Waals surface area contributed by atoms with Crippen LogP contribution in [0.5, 0.6) is 0 Å². The van der Waals surface area contributed by atoms with Crippen molar-refractivity contribution in [1.82, 2.24) is 10.3 Å². The summed E-state index contributed by atoms with van der Waals surface area (Å²) in [6.45, 7) is 6.38. The van der Waals surface area contributed by atoms with Gasteiger partial charge in [-0.15, -0.1) is 0 Å². The summed E-state index contributed by atoms with van der Waals surface area (Å²) in [5, 5.41) is 3.20. The van der Waals surface area contributed by atoms with Crippen molar-refractivity contribution in [2.75, 3.05) is 0 Å². The summed E-state index contributed by atoms with van der Waals surface area (Å²) in [4.78, 5) is 17.0. The molecule has 4 heteroatoms. The Labute approximate surface area is 143 Å². The Hall–Kier alpha value is -2.10. The first-order chi connectivity index (χ1) is 11.5. The van der Waals surface area contributed by atoms with Crippen LogP contribution in [0.1, 0.15) is 44.6 Å². The van der Waals surface area contributed by atoms with Gasteiger partial charge in [0.25, 0.3) is 0 Å². The molecule has 1 aliphatic carbocycles. The fourth-order valence-corrected chi connectivity index (χ4v) is 3.49. The number of rotatable bonds is 4. The third-order valence-corrected chi connectivity index (χ3v) is 5.29. The van der Waals surface area contributed by atoms with E-state index in [0.29, 0.717) is 23.5 Å². The maximum absolute atomic E-state index is 12.4. The van der Waals surface area contributed by atoms with Crippen molar-refractivity contribution >= 4 is 5.91 Å². The van der Waals surface area contributed by atoms with E-state index < -0.39 is 0 Å². The summed E-state index contributed by atoms with van der Waals surface area (Å²) in [6, 6.07) is 10.1. The van der Waals surface area contributed by atoms with Crippen LogP contribution in [0.4, 0.5) is 0 Å². The lowest BCUT2D eigenvalue weighted by Crippen LogP contribution is -2.44. The first kappa shape index (κ1) is 16.7. The van der Waals surface area contributed by atoms with Crippen LogP contribution in [0, 0.1) is 18.8 Å². The molecule has 2 aromatic rings. The third-order valence-electron chi connectivity index (χ3n) is 5.29. The van der Waals surface area contributed by atoms with Gasteiger partial charge in [0, 0.05) is 11.6 Å². The summed E-state index contributed by atoms with van der Waals surface area (Å²) in [5.74, 6) is 2.53. The van der Waals surface area contributed by atoms with Gasteiger partial charge in [0.1, 0.15) is 5.76 Å². The van der Waals surface area contributed by atoms with Crippen LogP contribution in [-0.2, 0) is 11.2 Å². The number of hydrogen-bond donors (Lipinski definition) is 1. The SMILES string of the molecule is Cc1oc(-c2ccccc2)nc1CC(=O)NC1CCCC(C)C1C. The van der Waals surface area contributed by atoms with E-state index in [1.807, 2.05) is 37.3 Å². The normalized spacial score (nSPS) is 23.9. The minimum absolute atomic E-state index is 0.0389. The maximum Gasteiger partial charge on any atom is 0.226 e. The van der Waals surface area contributed by atoms with Crippen LogP contribution >= 0.6 is 0 Å². The van der Waals surface area contributed by atoms with Gasteiger partial charge in [-0.1, -0.05) is 44.9 Å². The van der Waals surface area contributed by atoms with Crippen LogP contribution in [-0.4, -0.2) is 16.9 Å². The summed E-state index contributed by atoms with van der Waals surface area (Å²) < 4.78 is 5.74. The zero-order chi connectivity index (χ0) is 17.1. The van der Waals surface area contributed by atoms with E-state index in [9.17, 15) is 4.79 Å². The van der Waals surface area contributed by atoms with E-state index in [-0.39, 0.29) is 18.4 Å². The molecule has 1 aliphatic rings. The number of carbonyl (C=O) groups excluding carboxylic acids is 1. The lowest BCUT2D eigenvalue weighted by Gasteiger charge is -2.34. The highest BCUT2D eigenvalue weighted by molar-refractivity contribution is 5.78. The van der Waals surface area contributed by atoms with Crippen LogP contribution in [0.3, 0.4) is 0 Å². The maximum atomic E-state index is 12.4. The highest BCUT2D eigenvalue weighted by Gasteiger charge is 2.28. The third kappa shape index (κ3) is 3.69. The Balaban J connectivity index is 1.65. The lowest BCUT2D eigenvalue weighted by atomic mass is 9.78. The number of aryl methyl sites for hydroxylation is 1. The van der Waals surface area contributed by atoms with E-state index in [0.717, 1.165) is 17.7 Å². The highest BCUT2D eigenvalue weighted by atomic mass is 16.4. The van der Waals surface area contributed by atoms with E-state index in [4.69, 9.17) is 4.42 Å². The topological polar surface area (TPSA) is 55.1 Å². The minimum Gasteiger partial charge on any atom is -0.441 e. The van der Waals surface area contributed by atoms with Crippen LogP contribution in [0.25, 0.3) is 11.5 Å². The zero-order valence-electron chi connectivity index (χ0n) is 14.7. The van der Waals surface area contributed by atoms with Crippen molar-refractivity contribution in [3.05, 3.63) is 41.8 Å². The molecule has 3 unspecified atom stereocenters. The molecule has 128 valence electrons. The van der Waals surface area contributed by atoms with Crippen molar-refractivity contribution in [3.63, 3.8) is 0 Å². The second kappa shape index (κ2) is 7.20. The molecule has 0 bridgehead atoms. The molecule has 1 N–H and O–H groups in total. The van der Waals surface area contributed by atoms with Crippen molar-refractivity contribution in [3.8, 4) is 11.5 Å². The Kier molecular flexibility index (Phi) is 5.03. The van der Waals surface area contributed by atoms with Gasteiger partial charge in [0.15, 0.2) is 0 Å². The van der Waals surface area contributed by atoms with Crippen LogP contribution in [0.2, 0.25) is 0 Å². The Bertz CT molecular complexity index is 693. The number of amides is 1. The largest absolute Gasteiger partial charge is 0.441 e. The average Bonchev–Trinajstić information content (AvgIpc) is 2.93. The van der Waals surface area contributed by atoms with E-state index >= 15 is 0 Å². The van der Waals surface area contributed by atoms with Gasteiger partial charge in [0.05, 0.1) is 12.1 Å². The predicted octanol–water partition coefficient (Wildman–Crippen LogP) is 4.13. The molecule has 0 radical (unpaired) electrons. The fraction of sp³-hybridized carbons (Fsp3) is 0.500. The van der Waals surface area contributed by atoms with Crippen molar-refractivity contribution in [2.24, 2.45) is 11.8 Å². The minimum atomic E-state index is 0.0389. The quantitative estimate of drug-likeness (QED) is 0.919. The number of benzene rings is 1. The second-order valence-corrected chi connectivity index (χ2v) is 7.01. The Morgan fingerprint density at radius 3 is 2.75 bits per heavy atom. The van der Waals surface area contributed by atoms with E-state index in [2.05, 4.69) is 24.1 Å². The molecular formula is C20H26N2O2. The lowest BCUT2D eigenvalue weighted by molar-refractivity contribution is -0.121. The molecule has 0 saturated heterocycles. The first-order valence-electron chi connectivity index (χ1n) is 8.85. The number of hydrogen-bond acceptors (Lipinski definition) is 3. The molecule has 1 aromatic carbocycles. The van der Waals surface area contributed by atoms with Gasteiger partial charge in [-0.3, -0.25) is 4.79 Å². The van der Waals surface area contributed by atoms with Crippen molar-refractivity contribution in [1.29, 1.82) is 0 Å². The summed E-state index contributed by atoms with van der Waals surface area (Å²) in [7, 11) is 0. The summed E-state index contributed by atoms with van der Waals surface area (Å²) in [5.41, 5.74) is 1.66. The van der Waals surface area contributed by atoms with E-state index in [1.54, 1.807) is 0 Å². The van der Waals surface area contributed by atoms with Gasteiger partial charge in [-0.2, -0.15) is 0 Å². The Morgan fingerprint density at radius 2 is 2.00 bits per heavy atom. The van der Waals surface area contributed by atoms with Gasteiger partial charge < -0.3 is 9.73 Å². The van der Waals surface area contributed by atoms with E-state index in [1.165, 1.54) is 12.8 Å². The van der Waals surface area contributed by atoms with Crippen LogP contribution < -0.4 is 5.32 Å². The molecule has 0 spiro atoms. The van der Waals surface area contributed by atoms with Gasteiger partial charge in [-0.25, -0.2) is 4.98 Å². The Morgan fingerprint density at radius 1 is 1.25 bits per heavy atom. The highest BCUT2D eigenvalue weighted by Crippen LogP contribution is 2.29. The fourth-order valence-electron chi connectivity index (χ4n) is 3.49. The molecule has 1 amide bonds. The van der Waals surface area contributed by atoms with Crippen molar-refractivity contribution < 1.29 is 9.21 Å². The molecule has 3 atom stereocenters. The molecule has 1 aromatic heterocycles. The predicted molar refractivity (Wildman–Crippen MR) is 94.5 cm³/mol. The molecule has 24 heavy (non-hydrogen) atoms. The number of carbonyl (C=O) groups is 1. The van der Waals surface area contributed by atoms with Gasteiger partial charge >= 0.3 is 0 Å². The molecule has 0 aliphatic heterocycles. The van der Waals surface area contributed by atoms with Crippen molar-refractivity contribution in [2.45, 2.75) is 52.5 Å². The zero-order valence-corrected chi connectivity index (χ0v) is 14.7. The average molecular weight is 326 g/mol. The smallest absolute Gasteiger partial charge is 0.226 e. The van der Waals surface area contributed by atoms with Gasteiger partial charge in [-0.05, 0) is 37.3 Å². The van der Waals surface area contributed by atoms with Gasteiger partial charge in [0.2, 0.25) is 11.8 Å².